The number of halogens is 1. The van der Waals surface area contributed by atoms with Gasteiger partial charge >= 0.3 is 6.03 Å². The van der Waals surface area contributed by atoms with Crippen LogP contribution in [0.1, 0.15) is 15.9 Å². The van der Waals surface area contributed by atoms with E-state index in [2.05, 4.69) is 15.4 Å². The van der Waals surface area contributed by atoms with E-state index in [0.29, 0.717) is 5.69 Å². The molecule has 0 aliphatic rings. The van der Waals surface area contributed by atoms with E-state index in [9.17, 15) is 22.4 Å². The van der Waals surface area contributed by atoms with Crippen LogP contribution in [0.15, 0.2) is 77.7 Å². The van der Waals surface area contributed by atoms with Crippen LogP contribution in [0.3, 0.4) is 0 Å². The van der Waals surface area contributed by atoms with Gasteiger partial charge in [-0.15, -0.1) is 0 Å². The molecule has 0 aliphatic heterocycles. The second kappa shape index (κ2) is 9.26. The van der Waals surface area contributed by atoms with Gasteiger partial charge in [-0.3, -0.25) is 9.52 Å². The van der Waals surface area contributed by atoms with Crippen LogP contribution in [0.25, 0.3) is 0 Å². The molecule has 0 fully saturated rings. The van der Waals surface area contributed by atoms with Crippen molar-refractivity contribution in [3.8, 4) is 0 Å². The zero-order valence-corrected chi connectivity index (χ0v) is 16.9. The Hall–Kier alpha value is -3.92. The van der Waals surface area contributed by atoms with E-state index in [0.717, 1.165) is 11.6 Å². The average Bonchev–Trinajstić information content (AvgIpc) is 2.74. The Morgan fingerprint density at radius 1 is 0.903 bits per heavy atom. The highest BCUT2D eigenvalue weighted by Gasteiger charge is 2.17. The van der Waals surface area contributed by atoms with E-state index in [4.69, 9.17) is 5.73 Å². The number of nitrogens with two attached hydrogens (primary N) is 1. The van der Waals surface area contributed by atoms with Crippen LogP contribution in [0.5, 0.6) is 0 Å². The van der Waals surface area contributed by atoms with Crippen LogP contribution in [-0.4, -0.2) is 20.4 Å². The van der Waals surface area contributed by atoms with Crippen molar-refractivity contribution in [2.24, 2.45) is 5.73 Å². The van der Waals surface area contributed by atoms with Gasteiger partial charge in [0.15, 0.2) is 0 Å². The van der Waals surface area contributed by atoms with Gasteiger partial charge in [0.2, 0.25) is 0 Å². The molecule has 160 valence electrons. The molecule has 0 unspecified atom stereocenters. The zero-order chi connectivity index (χ0) is 22.4. The monoisotopic (exact) mass is 442 g/mol. The lowest BCUT2D eigenvalue weighted by Crippen LogP contribution is -2.23. The van der Waals surface area contributed by atoms with Gasteiger partial charge in [0.25, 0.3) is 15.9 Å². The van der Waals surface area contributed by atoms with Crippen molar-refractivity contribution in [1.82, 2.24) is 5.32 Å². The second-order valence-corrected chi connectivity index (χ2v) is 8.16. The highest BCUT2D eigenvalue weighted by atomic mass is 32.2. The normalized spacial score (nSPS) is 10.9. The van der Waals surface area contributed by atoms with Crippen molar-refractivity contribution < 1.29 is 22.4 Å². The Morgan fingerprint density at radius 2 is 1.55 bits per heavy atom. The van der Waals surface area contributed by atoms with E-state index < -0.39 is 27.8 Å². The summed E-state index contributed by atoms with van der Waals surface area (Å²) in [6, 6.07) is 16.7. The highest BCUT2D eigenvalue weighted by molar-refractivity contribution is 7.92. The first-order valence-electron chi connectivity index (χ1n) is 9.05. The van der Waals surface area contributed by atoms with Crippen molar-refractivity contribution in [3.63, 3.8) is 0 Å². The molecule has 0 saturated carbocycles. The molecule has 0 aromatic heterocycles. The summed E-state index contributed by atoms with van der Waals surface area (Å²) in [6.45, 7) is 0.227. The maximum Gasteiger partial charge on any atom is 0.316 e. The largest absolute Gasteiger partial charge is 0.351 e. The first-order valence-corrected chi connectivity index (χ1v) is 10.5. The first-order chi connectivity index (χ1) is 14.7. The predicted molar refractivity (Wildman–Crippen MR) is 114 cm³/mol. The SMILES string of the molecule is NC(=O)Nc1ccc(CNC(=O)c2ccc(S(=O)(=O)Nc3ccccc3F)cc2)cc1. The molecule has 3 rings (SSSR count). The number of carbonyl (C=O) groups is 2. The fourth-order valence-electron chi connectivity index (χ4n) is 2.67. The summed E-state index contributed by atoms with van der Waals surface area (Å²) in [4.78, 5) is 23.0. The molecule has 3 aromatic rings. The standard InChI is InChI=1S/C21H19FN4O4S/c22-18-3-1-2-4-19(18)26-31(29,30)17-11-7-15(8-12-17)20(27)24-13-14-5-9-16(10-6-14)25-21(23)28/h1-12,26H,13H2,(H,24,27)(H3,23,25,28). The molecule has 0 radical (unpaired) electrons. The van der Waals surface area contributed by atoms with E-state index in [1.807, 2.05) is 0 Å². The lowest BCUT2D eigenvalue weighted by Gasteiger charge is -2.10. The zero-order valence-electron chi connectivity index (χ0n) is 16.1. The molecule has 0 saturated heterocycles. The van der Waals surface area contributed by atoms with E-state index in [1.165, 1.54) is 42.5 Å². The van der Waals surface area contributed by atoms with Crippen molar-refractivity contribution in [2.75, 3.05) is 10.0 Å². The van der Waals surface area contributed by atoms with Gasteiger partial charge in [-0.05, 0) is 54.1 Å². The number of para-hydroxylation sites is 1. The highest BCUT2D eigenvalue weighted by Crippen LogP contribution is 2.19. The van der Waals surface area contributed by atoms with Crippen LogP contribution < -0.4 is 21.1 Å². The van der Waals surface area contributed by atoms with Gasteiger partial charge in [-0.2, -0.15) is 0 Å². The minimum atomic E-state index is -4.01. The third-order valence-corrected chi connectivity index (χ3v) is 5.60. The number of sulfonamides is 1. The van der Waals surface area contributed by atoms with E-state index in [1.54, 1.807) is 24.3 Å². The number of anilines is 2. The molecule has 0 heterocycles. The van der Waals surface area contributed by atoms with Gasteiger partial charge in [0.05, 0.1) is 10.6 Å². The Labute approximate surface area is 178 Å². The van der Waals surface area contributed by atoms with Crippen molar-refractivity contribution in [2.45, 2.75) is 11.4 Å². The number of amides is 3. The number of rotatable bonds is 7. The maximum absolute atomic E-state index is 13.7. The Morgan fingerprint density at radius 3 is 2.16 bits per heavy atom. The summed E-state index contributed by atoms with van der Waals surface area (Å²) in [5.74, 6) is -1.09. The van der Waals surface area contributed by atoms with Crippen LogP contribution in [-0.2, 0) is 16.6 Å². The average molecular weight is 442 g/mol. The molecular weight excluding hydrogens is 423 g/mol. The Balaban J connectivity index is 1.62. The molecule has 31 heavy (non-hydrogen) atoms. The molecule has 10 heteroatoms. The number of hydrogen-bond donors (Lipinski definition) is 4. The maximum atomic E-state index is 13.7. The molecule has 0 aliphatic carbocycles. The van der Waals surface area contributed by atoms with Gasteiger partial charge in [-0.1, -0.05) is 24.3 Å². The van der Waals surface area contributed by atoms with Gasteiger partial charge in [-0.25, -0.2) is 17.6 Å². The lowest BCUT2D eigenvalue weighted by atomic mass is 10.2. The van der Waals surface area contributed by atoms with Crippen molar-refractivity contribution >= 4 is 33.3 Å². The van der Waals surface area contributed by atoms with Crippen molar-refractivity contribution in [1.29, 1.82) is 0 Å². The second-order valence-electron chi connectivity index (χ2n) is 6.48. The molecular formula is C21H19FN4O4S. The topological polar surface area (TPSA) is 130 Å². The molecule has 5 N–H and O–H groups in total. The lowest BCUT2D eigenvalue weighted by molar-refractivity contribution is 0.0950. The van der Waals surface area contributed by atoms with Crippen LogP contribution in [0.2, 0.25) is 0 Å². The van der Waals surface area contributed by atoms with E-state index in [-0.39, 0.29) is 22.7 Å². The van der Waals surface area contributed by atoms with Crippen LogP contribution in [0.4, 0.5) is 20.6 Å². The van der Waals surface area contributed by atoms with Gasteiger partial charge < -0.3 is 16.4 Å². The third kappa shape index (κ3) is 5.80. The number of primary amides is 1. The smallest absolute Gasteiger partial charge is 0.316 e. The van der Waals surface area contributed by atoms with Crippen LogP contribution in [0, 0.1) is 5.82 Å². The number of hydrogen-bond acceptors (Lipinski definition) is 4. The Bertz CT molecular complexity index is 1200. The number of carbonyl (C=O) groups excluding carboxylic acids is 2. The minimum absolute atomic E-state index is 0.107. The molecule has 0 bridgehead atoms. The summed E-state index contributed by atoms with van der Waals surface area (Å²) in [5.41, 5.74) is 6.46. The number of urea groups is 1. The molecule has 0 atom stereocenters. The minimum Gasteiger partial charge on any atom is -0.351 e. The predicted octanol–water partition coefficient (Wildman–Crippen LogP) is 3.05. The summed E-state index contributed by atoms with van der Waals surface area (Å²) in [5, 5.41) is 5.15. The summed E-state index contributed by atoms with van der Waals surface area (Å²) < 4.78 is 40.7. The summed E-state index contributed by atoms with van der Waals surface area (Å²) in [7, 11) is -4.01. The fraction of sp³-hybridized carbons (Fsp3) is 0.0476. The molecule has 3 amide bonds. The molecule has 8 nitrogen and oxygen atoms in total. The molecule has 0 spiro atoms. The number of benzene rings is 3. The van der Waals surface area contributed by atoms with Crippen molar-refractivity contribution in [3.05, 3.63) is 89.7 Å². The Kier molecular flexibility index (Phi) is 6.51. The third-order valence-electron chi connectivity index (χ3n) is 4.22. The number of nitrogens with one attached hydrogen (secondary N) is 3. The van der Waals surface area contributed by atoms with E-state index >= 15 is 0 Å². The summed E-state index contributed by atoms with van der Waals surface area (Å²) in [6.07, 6.45) is 0. The first kappa shape index (κ1) is 21.8. The fourth-order valence-corrected chi connectivity index (χ4v) is 3.73. The van der Waals surface area contributed by atoms with Crippen LogP contribution >= 0.6 is 0 Å². The van der Waals surface area contributed by atoms with Gasteiger partial charge in [0, 0.05) is 17.8 Å². The van der Waals surface area contributed by atoms with Gasteiger partial charge in [0.1, 0.15) is 5.82 Å². The summed E-state index contributed by atoms with van der Waals surface area (Å²) >= 11 is 0. The quantitative estimate of drug-likeness (QED) is 0.448. The molecule has 3 aromatic carbocycles.